The Hall–Kier alpha value is -2.42. The van der Waals surface area contributed by atoms with Crippen LogP contribution in [0.3, 0.4) is 0 Å². The lowest BCUT2D eigenvalue weighted by molar-refractivity contribution is -0.135. The molecule has 4 rings (SSSR count). The van der Waals surface area contributed by atoms with Gasteiger partial charge < -0.3 is 10.2 Å². The summed E-state index contributed by atoms with van der Waals surface area (Å²) < 4.78 is 27.9. The van der Waals surface area contributed by atoms with E-state index in [1.165, 1.54) is 12.1 Å². The van der Waals surface area contributed by atoms with Crippen molar-refractivity contribution in [1.82, 2.24) is 9.62 Å². The number of amides is 2. The summed E-state index contributed by atoms with van der Waals surface area (Å²) in [6.45, 7) is 1.83. The number of anilines is 1. The number of benzene rings is 1. The van der Waals surface area contributed by atoms with Crippen LogP contribution in [0.15, 0.2) is 34.2 Å². The first-order valence-electron chi connectivity index (χ1n) is 11.2. The highest BCUT2D eigenvalue weighted by Crippen LogP contribution is 2.32. The number of amidine groups is 1. The van der Waals surface area contributed by atoms with E-state index in [9.17, 15) is 18.0 Å². The van der Waals surface area contributed by atoms with Crippen molar-refractivity contribution < 1.29 is 18.0 Å². The van der Waals surface area contributed by atoms with Gasteiger partial charge in [-0.2, -0.15) is 0 Å². The van der Waals surface area contributed by atoms with Gasteiger partial charge in [-0.3, -0.25) is 19.3 Å². The average Bonchev–Trinajstić information content (AvgIpc) is 3.62. The smallest absolute Gasteiger partial charge is 0.262 e. The Morgan fingerprint density at radius 3 is 2.48 bits per heavy atom. The molecule has 2 N–H and O–H groups in total. The average molecular weight is 447 g/mol. The lowest BCUT2D eigenvalue weighted by Crippen LogP contribution is -2.44. The van der Waals surface area contributed by atoms with E-state index >= 15 is 0 Å². The molecular weight excluding hydrogens is 416 g/mol. The van der Waals surface area contributed by atoms with Crippen molar-refractivity contribution in [3.8, 4) is 0 Å². The van der Waals surface area contributed by atoms with Crippen LogP contribution < -0.4 is 10.0 Å². The molecule has 1 saturated carbocycles. The summed E-state index contributed by atoms with van der Waals surface area (Å²) in [6, 6.07) is 6.16. The second-order valence-corrected chi connectivity index (χ2v) is 10.3. The first kappa shape index (κ1) is 21.8. The first-order valence-corrected chi connectivity index (χ1v) is 12.7. The fourth-order valence-corrected chi connectivity index (χ4v) is 5.20. The SMILES string of the molecule is O=C(Nc1ccc(S(=O)(=O)NC2=NCCCCC2)cc1)C1CCCN(C(=O)C2CC2)C1. The van der Waals surface area contributed by atoms with Crippen LogP contribution in [0.2, 0.25) is 0 Å². The summed E-state index contributed by atoms with van der Waals surface area (Å²) in [6.07, 6.45) is 7.09. The molecule has 1 aliphatic carbocycles. The molecule has 3 aliphatic rings. The van der Waals surface area contributed by atoms with Crippen LogP contribution in [-0.2, 0) is 19.6 Å². The minimum atomic E-state index is -3.70. The van der Waals surface area contributed by atoms with Crippen molar-refractivity contribution in [2.75, 3.05) is 25.0 Å². The van der Waals surface area contributed by atoms with Gasteiger partial charge in [0.05, 0.1) is 10.8 Å². The summed E-state index contributed by atoms with van der Waals surface area (Å²) in [7, 11) is -3.70. The molecule has 0 spiro atoms. The third-order valence-electron chi connectivity index (χ3n) is 6.09. The number of piperidine rings is 1. The van der Waals surface area contributed by atoms with Gasteiger partial charge in [0.2, 0.25) is 11.8 Å². The van der Waals surface area contributed by atoms with Crippen LogP contribution in [-0.4, -0.2) is 50.6 Å². The van der Waals surface area contributed by atoms with Crippen LogP contribution in [0, 0.1) is 11.8 Å². The number of likely N-dealkylation sites (tertiary alicyclic amines) is 1. The Kier molecular flexibility index (Phi) is 6.60. The fraction of sp³-hybridized carbons (Fsp3) is 0.591. The zero-order valence-corrected chi connectivity index (χ0v) is 18.5. The molecule has 0 aromatic heterocycles. The van der Waals surface area contributed by atoms with Crippen molar-refractivity contribution in [1.29, 1.82) is 0 Å². The molecule has 2 amide bonds. The van der Waals surface area contributed by atoms with E-state index in [1.807, 2.05) is 4.90 Å². The number of sulfonamides is 1. The summed E-state index contributed by atoms with van der Waals surface area (Å²) >= 11 is 0. The molecule has 1 aromatic carbocycles. The fourth-order valence-electron chi connectivity index (χ4n) is 4.11. The molecule has 9 heteroatoms. The Morgan fingerprint density at radius 1 is 0.968 bits per heavy atom. The van der Waals surface area contributed by atoms with Crippen molar-refractivity contribution >= 4 is 33.4 Å². The maximum absolute atomic E-state index is 12.7. The maximum atomic E-state index is 12.7. The topological polar surface area (TPSA) is 108 Å². The van der Waals surface area contributed by atoms with Crippen molar-refractivity contribution in [2.45, 2.75) is 56.3 Å². The highest BCUT2D eigenvalue weighted by atomic mass is 32.2. The zero-order valence-electron chi connectivity index (χ0n) is 17.7. The summed E-state index contributed by atoms with van der Waals surface area (Å²) in [5.41, 5.74) is 0.543. The Bertz CT molecular complexity index is 954. The number of rotatable bonds is 5. The number of carbonyl (C=O) groups excluding carboxylic acids is 2. The minimum absolute atomic E-state index is 0.130. The number of nitrogens with one attached hydrogen (secondary N) is 2. The molecule has 1 unspecified atom stereocenters. The molecule has 31 heavy (non-hydrogen) atoms. The number of hydrogen-bond donors (Lipinski definition) is 2. The normalized spacial score (nSPS) is 22.3. The predicted octanol–water partition coefficient (Wildman–Crippen LogP) is 2.52. The third kappa shape index (κ3) is 5.64. The molecule has 2 fully saturated rings. The molecular formula is C22H30N4O4S. The molecule has 0 radical (unpaired) electrons. The first-order chi connectivity index (χ1) is 14.9. The predicted molar refractivity (Wildman–Crippen MR) is 118 cm³/mol. The van der Waals surface area contributed by atoms with Gasteiger partial charge in [0.15, 0.2) is 0 Å². The Morgan fingerprint density at radius 2 is 1.74 bits per heavy atom. The zero-order chi connectivity index (χ0) is 21.8. The number of hydrogen-bond acceptors (Lipinski definition) is 5. The Labute approximate surface area is 183 Å². The van der Waals surface area contributed by atoms with E-state index in [2.05, 4.69) is 15.0 Å². The number of nitrogens with zero attached hydrogens (tertiary/aromatic N) is 2. The lowest BCUT2D eigenvalue weighted by atomic mass is 9.96. The van der Waals surface area contributed by atoms with Gasteiger partial charge in [-0.1, -0.05) is 6.42 Å². The van der Waals surface area contributed by atoms with E-state index < -0.39 is 10.0 Å². The molecule has 2 heterocycles. The quantitative estimate of drug-likeness (QED) is 0.724. The summed E-state index contributed by atoms with van der Waals surface area (Å²) in [5.74, 6) is 0.480. The van der Waals surface area contributed by atoms with Crippen LogP contribution in [0.4, 0.5) is 5.69 Å². The van der Waals surface area contributed by atoms with Crippen LogP contribution in [0.5, 0.6) is 0 Å². The maximum Gasteiger partial charge on any atom is 0.262 e. The van der Waals surface area contributed by atoms with Gasteiger partial charge in [-0.15, -0.1) is 0 Å². The van der Waals surface area contributed by atoms with Crippen LogP contribution in [0.25, 0.3) is 0 Å². The van der Waals surface area contributed by atoms with Crippen molar-refractivity contribution in [3.05, 3.63) is 24.3 Å². The van der Waals surface area contributed by atoms with Crippen LogP contribution >= 0.6 is 0 Å². The van der Waals surface area contributed by atoms with Crippen LogP contribution in [0.1, 0.15) is 51.4 Å². The van der Waals surface area contributed by atoms with E-state index in [0.29, 0.717) is 31.0 Å². The minimum Gasteiger partial charge on any atom is -0.342 e. The van der Waals surface area contributed by atoms with Gasteiger partial charge in [0.1, 0.15) is 5.84 Å². The van der Waals surface area contributed by atoms with Crippen molar-refractivity contribution in [2.24, 2.45) is 16.8 Å². The van der Waals surface area contributed by atoms with E-state index in [0.717, 1.165) is 51.5 Å². The van der Waals surface area contributed by atoms with Gasteiger partial charge in [0, 0.05) is 37.7 Å². The lowest BCUT2D eigenvalue weighted by Gasteiger charge is -2.32. The highest BCUT2D eigenvalue weighted by molar-refractivity contribution is 7.90. The molecule has 8 nitrogen and oxygen atoms in total. The molecule has 1 aromatic rings. The van der Waals surface area contributed by atoms with Crippen molar-refractivity contribution in [3.63, 3.8) is 0 Å². The molecule has 1 saturated heterocycles. The largest absolute Gasteiger partial charge is 0.342 e. The molecule has 2 aliphatic heterocycles. The van der Waals surface area contributed by atoms with Gasteiger partial charge >= 0.3 is 0 Å². The highest BCUT2D eigenvalue weighted by Gasteiger charge is 2.36. The molecule has 0 bridgehead atoms. The second kappa shape index (κ2) is 9.38. The summed E-state index contributed by atoms with van der Waals surface area (Å²) in [4.78, 5) is 31.3. The third-order valence-corrected chi connectivity index (χ3v) is 7.49. The number of carbonyl (C=O) groups is 2. The van der Waals surface area contributed by atoms with Gasteiger partial charge in [-0.05, 0) is 62.8 Å². The van der Waals surface area contributed by atoms with E-state index in [1.54, 1.807) is 12.1 Å². The van der Waals surface area contributed by atoms with E-state index in [-0.39, 0.29) is 28.5 Å². The number of aliphatic imine (C=N–C) groups is 1. The molecule has 168 valence electrons. The monoisotopic (exact) mass is 446 g/mol. The van der Waals surface area contributed by atoms with Gasteiger partial charge in [0.25, 0.3) is 10.0 Å². The second-order valence-electron chi connectivity index (χ2n) is 8.66. The summed E-state index contributed by atoms with van der Waals surface area (Å²) in [5, 5.41) is 2.87. The standard InChI is InChI=1S/C22H30N4O4S/c27-21(17-5-4-14-26(15-17)22(28)16-7-8-16)24-18-9-11-19(12-10-18)31(29,30)25-20-6-2-1-3-13-23-20/h9-12,16-17H,1-8,13-15H2,(H,23,25)(H,24,27). The van der Waals surface area contributed by atoms with E-state index in [4.69, 9.17) is 0 Å². The molecule has 1 atom stereocenters. The Balaban J connectivity index is 1.34. The van der Waals surface area contributed by atoms with Gasteiger partial charge in [-0.25, -0.2) is 8.42 Å².